The first-order valence-corrected chi connectivity index (χ1v) is 7.29. The van der Waals surface area contributed by atoms with Crippen LogP contribution in [-0.2, 0) is 9.59 Å². The number of carboxylic acids is 1. The summed E-state index contributed by atoms with van der Waals surface area (Å²) in [6.07, 6.45) is -4.32. The van der Waals surface area contributed by atoms with Crippen molar-refractivity contribution in [1.29, 1.82) is 0 Å². The molecule has 2 N–H and O–H groups in total. The summed E-state index contributed by atoms with van der Waals surface area (Å²) in [5, 5.41) is 10.9. The quantitative estimate of drug-likeness (QED) is 0.784. The second-order valence-corrected chi connectivity index (χ2v) is 5.38. The van der Waals surface area contributed by atoms with E-state index in [1.165, 1.54) is 18.2 Å². The van der Waals surface area contributed by atoms with Crippen LogP contribution in [-0.4, -0.2) is 41.3 Å². The molecule has 5 nitrogen and oxygen atoms in total. The Morgan fingerprint density at radius 1 is 1.36 bits per heavy atom. The van der Waals surface area contributed by atoms with Crippen LogP contribution in [0.2, 0.25) is 5.02 Å². The number of hydrogen-bond donors (Lipinski definition) is 2. The summed E-state index contributed by atoms with van der Waals surface area (Å²) in [5.74, 6) is -3.12. The van der Waals surface area contributed by atoms with Gasteiger partial charge in [0.05, 0.1) is 16.5 Å². The van der Waals surface area contributed by atoms with E-state index in [4.69, 9.17) is 21.4 Å². The number of alkyl halides is 3. The van der Waals surface area contributed by atoms with Crippen LogP contribution >= 0.6 is 23.4 Å². The molecule has 0 radical (unpaired) electrons. The number of benzene rings is 1. The molecule has 0 heterocycles. The predicted octanol–water partition coefficient (Wildman–Crippen LogP) is 3.04. The van der Waals surface area contributed by atoms with E-state index in [9.17, 15) is 22.8 Å². The number of thioether (sulfide) groups is 1. The summed E-state index contributed by atoms with van der Waals surface area (Å²) in [4.78, 5) is 21.8. The molecule has 1 amide bonds. The van der Waals surface area contributed by atoms with Crippen molar-refractivity contribution in [3.05, 3.63) is 23.2 Å². The molecule has 122 valence electrons. The van der Waals surface area contributed by atoms with Crippen LogP contribution in [0.15, 0.2) is 18.2 Å². The van der Waals surface area contributed by atoms with Crippen molar-refractivity contribution < 1.29 is 32.6 Å². The molecule has 0 aliphatic heterocycles. The van der Waals surface area contributed by atoms with Gasteiger partial charge < -0.3 is 15.2 Å². The normalized spacial score (nSPS) is 11.1. The first kappa shape index (κ1) is 18.4. The van der Waals surface area contributed by atoms with Gasteiger partial charge in [0.25, 0.3) is 0 Å². The molecule has 0 saturated heterocycles. The largest absolute Gasteiger partial charge is 0.480 e. The van der Waals surface area contributed by atoms with Gasteiger partial charge in [0, 0.05) is 5.69 Å². The van der Waals surface area contributed by atoms with Crippen LogP contribution in [0.5, 0.6) is 5.75 Å². The lowest BCUT2D eigenvalue weighted by Gasteiger charge is -2.09. The van der Waals surface area contributed by atoms with Crippen molar-refractivity contribution in [1.82, 2.24) is 0 Å². The third-order valence-electron chi connectivity index (χ3n) is 2.07. The SMILES string of the molecule is O=C(O)COc1ccc(NC(=O)CSCC(F)(F)F)cc1Cl. The van der Waals surface area contributed by atoms with Crippen LogP contribution in [0.4, 0.5) is 18.9 Å². The molecule has 0 aromatic heterocycles. The van der Waals surface area contributed by atoms with Crippen molar-refractivity contribution in [2.45, 2.75) is 6.18 Å². The summed E-state index contributed by atoms with van der Waals surface area (Å²) >= 11 is 6.28. The minimum absolute atomic E-state index is 0.0713. The van der Waals surface area contributed by atoms with Crippen LogP contribution in [0.3, 0.4) is 0 Å². The highest BCUT2D eigenvalue weighted by Gasteiger charge is 2.27. The Kier molecular flexibility index (Phi) is 6.82. The lowest BCUT2D eigenvalue weighted by Crippen LogP contribution is -2.18. The van der Waals surface area contributed by atoms with Gasteiger partial charge in [-0.2, -0.15) is 13.2 Å². The zero-order chi connectivity index (χ0) is 16.8. The average Bonchev–Trinajstić information content (AvgIpc) is 2.35. The molecule has 0 unspecified atom stereocenters. The molecule has 0 spiro atoms. The van der Waals surface area contributed by atoms with Crippen molar-refractivity contribution in [3.8, 4) is 5.75 Å². The molecule has 10 heteroatoms. The van der Waals surface area contributed by atoms with E-state index in [1.807, 2.05) is 0 Å². The van der Waals surface area contributed by atoms with Crippen molar-refractivity contribution in [2.24, 2.45) is 0 Å². The fraction of sp³-hybridized carbons (Fsp3) is 0.333. The molecule has 1 aromatic rings. The number of ether oxygens (including phenoxy) is 1. The zero-order valence-corrected chi connectivity index (χ0v) is 12.5. The van der Waals surface area contributed by atoms with Gasteiger partial charge >= 0.3 is 12.1 Å². The smallest absolute Gasteiger partial charge is 0.397 e. The van der Waals surface area contributed by atoms with E-state index in [0.717, 1.165) is 0 Å². The van der Waals surface area contributed by atoms with Crippen molar-refractivity contribution in [3.63, 3.8) is 0 Å². The lowest BCUT2D eigenvalue weighted by molar-refractivity contribution is -0.139. The number of hydrogen-bond acceptors (Lipinski definition) is 4. The van der Waals surface area contributed by atoms with Crippen LogP contribution in [0.1, 0.15) is 0 Å². The van der Waals surface area contributed by atoms with E-state index < -0.39 is 30.4 Å². The van der Waals surface area contributed by atoms with Gasteiger partial charge in [-0.1, -0.05) is 11.6 Å². The second-order valence-electron chi connectivity index (χ2n) is 3.98. The highest BCUT2D eigenvalue weighted by Crippen LogP contribution is 2.28. The molecule has 0 aliphatic carbocycles. The van der Waals surface area contributed by atoms with Gasteiger partial charge in [0.15, 0.2) is 6.61 Å². The molecule has 0 atom stereocenters. The monoisotopic (exact) mass is 357 g/mol. The van der Waals surface area contributed by atoms with Gasteiger partial charge in [-0.15, -0.1) is 11.8 Å². The zero-order valence-electron chi connectivity index (χ0n) is 10.9. The minimum Gasteiger partial charge on any atom is -0.480 e. The third kappa shape index (κ3) is 7.41. The number of amides is 1. The fourth-order valence-electron chi connectivity index (χ4n) is 1.29. The number of carbonyl (C=O) groups excluding carboxylic acids is 1. The number of aliphatic carboxylic acids is 1. The highest BCUT2D eigenvalue weighted by molar-refractivity contribution is 8.00. The molecule has 22 heavy (non-hydrogen) atoms. The second kappa shape index (κ2) is 8.14. The third-order valence-corrected chi connectivity index (χ3v) is 3.36. The van der Waals surface area contributed by atoms with Crippen molar-refractivity contribution >= 4 is 40.9 Å². The summed E-state index contributed by atoms with van der Waals surface area (Å²) in [6, 6.07) is 4.06. The predicted molar refractivity (Wildman–Crippen MR) is 76.6 cm³/mol. The molecule has 0 fully saturated rings. The Morgan fingerprint density at radius 3 is 2.59 bits per heavy atom. The summed E-state index contributed by atoms with van der Waals surface area (Å²) in [5.41, 5.74) is 0.269. The number of anilines is 1. The van der Waals surface area contributed by atoms with Gasteiger partial charge in [0.2, 0.25) is 5.91 Å². The Hall–Kier alpha value is -1.61. The number of carboxylic acid groups (broad SMARTS) is 1. The van der Waals surface area contributed by atoms with Crippen molar-refractivity contribution in [2.75, 3.05) is 23.4 Å². The van der Waals surface area contributed by atoms with E-state index in [1.54, 1.807) is 0 Å². The molecular weight excluding hydrogens is 347 g/mol. The Balaban J connectivity index is 2.50. The maximum atomic E-state index is 11.9. The Labute approximate surface area is 132 Å². The standard InChI is InChI=1S/C12H11ClF3NO4S/c13-8-3-7(1-2-9(8)21-4-11(19)20)17-10(18)5-22-6-12(14,15)16/h1-3H,4-6H2,(H,17,18)(H,19,20). The highest BCUT2D eigenvalue weighted by atomic mass is 35.5. The molecule has 1 rings (SSSR count). The maximum absolute atomic E-state index is 11.9. The molecular formula is C12H11ClF3NO4S. The molecule has 0 aliphatic rings. The number of rotatable bonds is 7. The van der Waals surface area contributed by atoms with E-state index in [-0.39, 0.29) is 22.2 Å². The fourth-order valence-corrected chi connectivity index (χ4v) is 2.12. The van der Waals surface area contributed by atoms with E-state index in [0.29, 0.717) is 11.8 Å². The number of nitrogens with one attached hydrogen (secondary N) is 1. The van der Waals surface area contributed by atoms with Gasteiger partial charge in [-0.05, 0) is 18.2 Å². The van der Waals surface area contributed by atoms with Crippen LogP contribution in [0.25, 0.3) is 0 Å². The summed E-state index contributed by atoms with van der Waals surface area (Å²) in [7, 11) is 0. The lowest BCUT2D eigenvalue weighted by atomic mass is 10.3. The first-order chi connectivity index (χ1) is 10.2. The van der Waals surface area contributed by atoms with Gasteiger partial charge in [-0.3, -0.25) is 4.79 Å². The van der Waals surface area contributed by atoms with Crippen LogP contribution < -0.4 is 10.1 Å². The number of halogens is 4. The topological polar surface area (TPSA) is 75.6 Å². The Bertz CT molecular complexity index is 554. The van der Waals surface area contributed by atoms with E-state index in [2.05, 4.69) is 5.32 Å². The minimum atomic E-state index is -4.32. The van der Waals surface area contributed by atoms with Gasteiger partial charge in [-0.25, -0.2) is 4.79 Å². The van der Waals surface area contributed by atoms with Crippen LogP contribution in [0, 0.1) is 0 Å². The molecule has 0 saturated carbocycles. The Morgan fingerprint density at radius 2 is 2.05 bits per heavy atom. The first-order valence-electron chi connectivity index (χ1n) is 5.76. The summed E-state index contributed by atoms with van der Waals surface area (Å²) in [6.45, 7) is -0.570. The molecule has 1 aromatic carbocycles. The van der Waals surface area contributed by atoms with Gasteiger partial charge in [0.1, 0.15) is 5.75 Å². The maximum Gasteiger partial charge on any atom is 0.397 e. The average molecular weight is 358 g/mol. The van der Waals surface area contributed by atoms with E-state index >= 15 is 0 Å². The number of carbonyl (C=O) groups is 2. The summed E-state index contributed by atoms with van der Waals surface area (Å²) < 4.78 is 40.7. The molecule has 0 bridgehead atoms.